The average molecular weight is 279 g/mol. The van der Waals surface area contributed by atoms with Crippen LogP contribution in [-0.4, -0.2) is 10.1 Å². The Hall–Kier alpha value is -1.55. The van der Waals surface area contributed by atoms with Crippen LogP contribution in [0.3, 0.4) is 0 Å². The standard InChI is InChI=1S/C12H11BrN2O/c13-12-8-14-5-4-9(12)7-15-10-2-1-3-11(16)6-10/h1-6,8,15-16H,7H2. The lowest BCUT2D eigenvalue weighted by Gasteiger charge is -2.07. The molecule has 0 aliphatic carbocycles. The van der Waals surface area contributed by atoms with E-state index >= 15 is 0 Å². The van der Waals surface area contributed by atoms with E-state index in [1.807, 2.05) is 12.1 Å². The number of benzene rings is 1. The number of rotatable bonds is 3. The zero-order valence-electron chi connectivity index (χ0n) is 8.52. The Morgan fingerprint density at radius 1 is 1.31 bits per heavy atom. The van der Waals surface area contributed by atoms with Gasteiger partial charge >= 0.3 is 0 Å². The van der Waals surface area contributed by atoms with Crippen LogP contribution in [0.15, 0.2) is 47.2 Å². The summed E-state index contributed by atoms with van der Waals surface area (Å²) < 4.78 is 0.975. The number of aromatic nitrogens is 1. The largest absolute Gasteiger partial charge is 0.508 e. The van der Waals surface area contributed by atoms with Gasteiger partial charge in [0.1, 0.15) is 5.75 Å². The average Bonchev–Trinajstić information content (AvgIpc) is 2.28. The Labute approximate surface area is 102 Å². The van der Waals surface area contributed by atoms with Crippen molar-refractivity contribution in [3.8, 4) is 5.75 Å². The Bertz CT molecular complexity index is 488. The summed E-state index contributed by atoms with van der Waals surface area (Å²) in [5, 5.41) is 12.5. The summed E-state index contributed by atoms with van der Waals surface area (Å²) in [6.07, 6.45) is 3.52. The number of nitrogens with one attached hydrogen (secondary N) is 1. The maximum Gasteiger partial charge on any atom is 0.117 e. The van der Waals surface area contributed by atoms with Gasteiger partial charge in [-0.3, -0.25) is 4.98 Å². The van der Waals surface area contributed by atoms with Gasteiger partial charge in [0.05, 0.1) is 0 Å². The van der Waals surface area contributed by atoms with Gasteiger partial charge in [-0.2, -0.15) is 0 Å². The topological polar surface area (TPSA) is 45.1 Å². The molecule has 2 aromatic rings. The Kier molecular flexibility index (Phi) is 3.41. The van der Waals surface area contributed by atoms with Crippen molar-refractivity contribution in [2.24, 2.45) is 0 Å². The molecular weight excluding hydrogens is 268 g/mol. The van der Waals surface area contributed by atoms with Crippen molar-refractivity contribution in [3.05, 3.63) is 52.8 Å². The molecule has 1 aromatic carbocycles. The van der Waals surface area contributed by atoms with Gasteiger partial charge in [-0.1, -0.05) is 6.07 Å². The highest BCUT2D eigenvalue weighted by atomic mass is 79.9. The monoisotopic (exact) mass is 278 g/mol. The van der Waals surface area contributed by atoms with E-state index in [2.05, 4.69) is 26.2 Å². The molecule has 0 radical (unpaired) electrons. The maximum atomic E-state index is 9.31. The van der Waals surface area contributed by atoms with Crippen LogP contribution in [-0.2, 0) is 6.54 Å². The fourth-order valence-corrected chi connectivity index (χ4v) is 1.75. The zero-order valence-corrected chi connectivity index (χ0v) is 10.1. The minimum Gasteiger partial charge on any atom is -0.508 e. The molecule has 1 heterocycles. The fourth-order valence-electron chi connectivity index (χ4n) is 1.36. The number of hydrogen-bond donors (Lipinski definition) is 2. The number of halogens is 1. The molecule has 0 saturated heterocycles. The van der Waals surface area contributed by atoms with Gasteiger partial charge in [-0.05, 0) is 39.7 Å². The first-order chi connectivity index (χ1) is 7.75. The molecule has 0 fully saturated rings. The Morgan fingerprint density at radius 2 is 2.19 bits per heavy atom. The van der Waals surface area contributed by atoms with Gasteiger partial charge in [0.15, 0.2) is 0 Å². The lowest BCUT2D eigenvalue weighted by atomic mass is 10.2. The number of nitrogens with zero attached hydrogens (tertiary/aromatic N) is 1. The van der Waals surface area contributed by atoms with Gasteiger partial charge in [0.25, 0.3) is 0 Å². The van der Waals surface area contributed by atoms with Crippen molar-refractivity contribution in [3.63, 3.8) is 0 Å². The molecule has 0 aliphatic heterocycles. The second-order valence-corrected chi connectivity index (χ2v) is 4.23. The maximum absolute atomic E-state index is 9.31. The molecule has 0 aliphatic rings. The fraction of sp³-hybridized carbons (Fsp3) is 0.0833. The molecule has 3 nitrogen and oxygen atoms in total. The molecule has 1 aromatic heterocycles. The predicted molar refractivity (Wildman–Crippen MR) is 67.4 cm³/mol. The highest BCUT2D eigenvalue weighted by Gasteiger charge is 1.99. The third-order valence-electron chi connectivity index (χ3n) is 2.19. The van der Waals surface area contributed by atoms with Crippen LogP contribution in [0.1, 0.15) is 5.56 Å². The molecule has 0 atom stereocenters. The van der Waals surface area contributed by atoms with E-state index in [-0.39, 0.29) is 5.75 Å². The highest BCUT2D eigenvalue weighted by Crippen LogP contribution is 2.19. The second kappa shape index (κ2) is 4.99. The van der Waals surface area contributed by atoms with Crippen LogP contribution in [0.5, 0.6) is 5.75 Å². The van der Waals surface area contributed by atoms with Crippen molar-refractivity contribution in [2.45, 2.75) is 6.54 Å². The Morgan fingerprint density at radius 3 is 2.94 bits per heavy atom. The summed E-state index contributed by atoms with van der Waals surface area (Å²) >= 11 is 3.43. The third-order valence-corrected chi connectivity index (χ3v) is 2.90. The third kappa shape index (κ3) is 2.73. The number of hydrogen-bond acceptors (Lipinski definition) is 3. The van der Waals surface area contributed by atoms with Gasteiger partial charge < -0.3 is 10.4 Å². The van der Waals surface area contributed by atoms with Crippen LogP contribution in [0.25, 0.3) is 0 Å². The smallest absolute Gasteiger partial charge is 0.117 e. The van der Waals surface area contributed by atoms with E-state index in [9.17, 15) is 5.11 Å². The summed E-state index contributed by atoms with van der Waals surface area (Å²) in [6, 6.07) is 9.00. The summed E-state index contributed by atoms with van der Waals surface area (Å²) in [6.45, 7) is 0.687. The molecule has 2 N–H and O–H groups in total. The predicted octanol–water partition coefficient (Wildman–Crippen LogP) is 3.16. The number of pyridine rings is 1. The van der Waals surface area contributed by atoms with Gasteiger partial charge in [0, 0.05) is 35.2 Å². The molecule has 82 valence electrons. The molecule has 0 amide bonds. The summed E-state index contributed by atoms with van der Waals surface area (Å²) in [5.41, 5.74) is 2.02. The van der Waals surface area contributed by atoms with Crippen molar-refractivity contribution in [1.82, 2.24) is 4.98 Å². The molecular formula is C12H11BrN2O. The quantitative estimate of drug-likeness (QED) is 0.907. The van der Waals surface area contributed by atoms with Crippen LogP contribution < -0.4 is 5.32 Å². The van der Waals surface area contributed by atoms with Crippen molar-refractivity contribution < 1.29 is 5.11 Å². The van der Waals surface area contributed by atoms with Crippen molar-refractivity contribution in [2.75, 3.05) is 5.32 Å². The minimum atomic E-state index is 0.263. The first kappa shape index (κ1) is 11.0. The van der Waals surface area contributed by atoms with Gasteiger partial charge in [0.2, 0.25) is 0 Å². The van der Waals surface area contributed by atoms with Crippen molar-refractivity contribution in [1.29, 1.82) is 0 Å². The summed E-state index contributed by atoms with van der Waals surface area (Å²) in [4.78, 5) is 4.00. The number of anilines is 1. The summed E-state index contributed by atoms with van der Waals surface area (Å²) in [5.74, 6) is 0.263. The van der Waals surface area contributed by atoms with E-state index in [1.165, 1.54) is 0 Å². The minimum absolute atomic E-state index is 0.263. The normalized spacial score (nSPS) is 10.1. The van der Waals surface area contributed by atoms with Crippen LogP contribution in [0.4, 0.5) is 5.69 Å². The lowest BCUT2D eigenvalue weighted by molar-refractivity contribution is 0.475. The highest BCUT2D eigenvalue weighted by molar-refractivity contribution is 9.10. The van der Waals surface area contributed by atoms with Crippen LogP contribution >= 0.6 is 15.9 Å². The zero-order chi connectivity index (χ0) is 11.4. The van der Waals surface area contributed by atoms with Gasteiger partial charge in [-0.25, -0.2) is 0 Å². The number of phenols is 1. The molecule has 4 heteroatoms. The summed E-state index contributed by atoms with van der Waals surface area (Å²) in [7, 11) is 0. The first-order valence-corrected chi connectivity index (χ1v) is 5.66. The first-order valence-electron chi connectivity index (χ1n) is 4.87. The van der Waals surface area contributed by atoms with Crippen LogP contribution in [0.2, 0.25) is 0 Å². The molecule has 0 unspecified atom stereocenters. The molecule has 16 heavy (non-hydrogen) atoms. The molecule has 0 bridgehead atoms. The molecule has 0 spiro atoms. The Balaban J connectivity index is 2.05. The van der Waals surface area contributed by atoms with E-state index in [0.717, 1.165) is 15.7 Å². The molecule has 2 rings (SSSR count). The van der Waals surface area contributed by atoms with E-state index < -0.39 is 0 Å². The SMILES string of the molecule is Oc1cccc(NCc2ccncc2Br)c1. The van der Waals surface area contributed by atoms with E-state index in [4.69, 9.17) is 0 Å². The van der Waals surface area contributed by atoms with Gasteiger partial charge in [-0.15, -0.1) is 0 Å². The lowest BCUT2D eigenvalue weighted by Crippen LogP contribution is -2.00. The number of phenolic OH excluding ortho intramolecular Hbond substituents is 1. The van der Waals surface area contributed by atoms with E-state index in [0.29, 0.717) is 6.54 Å². The number of aromatic hydroxyl groups is 1. The second-order valence-electron chi connectivity index (χ2n) is 3.37. The molecule has 0 saturated carbocycles. The van der Waals surface area contributed by atoms with Crippen LogP contribution in [0, 0.1) is 0 Å². The van der Waals surface area contributed by atoms with E-state index in [1.54, 1.807) is 30.6 Å². The van der Waals surface area contributed by atoms with Crippen molar-refractivity contribution >= 4 is 21.6 Å².